The van der Waals surface area contributed by atoms with Crippen LogP contribution in [0.25, 0.3) is 22.0 Å². The molecule has 6 heteroatoms. The highest BCUT2D eigenvalue weighted by Crippen LogP contribution is 2.42. The summed E-state index contributed by atoms with van der Waals surface area (Å²) in [4.78, 5) is 0. The van der Waals surface area contributed by atoms with E-state index in [2.05, 4.69) is 11.5 Å². The Morgan fingerprint density at radius 3 is 2.41 bits per heavy atom. The number of methoxy groups -OCH3 is 1. The molecule has 0 fully saturated rings. The molecular weight excluding hydrogens is 426 g/mol. The highest BCUT2D eigenvalue weighted by atomic mass is 35.5. The summed E-state index contributed by atoms with van der Waals surface area (Å²) in [6.45, 7) is 2.98. The first-order valence-corrected chi connectivity index (χ1v) is 11.3. The lowest BCUT2D eigenvalue weighted by Crippen LogP contribution is -3.00. The maximum absolute atomic E-state index is 10.8. The largest absolute Gasteiger partial charge is 1.00 e. The molecule has 172 valence electrons. The summed E-state index contributed by atoms with van der Waals surface area (Å²) in [6, 6.07) is 7.20. The van der Waals surface area contributed by atoms with Crippen molar-refractivity contribution >= 4 is 10.8 Å². The van der Waals surface area contributed by atoms with Gasteiger partial charge >= 0.3 is 0 Å². The fourth-order valence-electron chi connectivity index (χ4n) is 4.78. The second kappa shape index (κ2) is 10.3. The Kier molecular flexibility index (Phi) is 7.73. The number of ether oxygens (including phenoxy) is 1. The number of halogens is 1. The molecule has 0 saturated heterocycles. The number of fused-ring (bicyclic) bond motifs is 4. The van der Waals surface area contributed by atoms with Gasteiger partial charge in [-0.05, 0) is 42.7 Å². The number of phenols is 3. The topological polar surface area (TPSA) is 73.8 Å². The van der Waals surface area contributed by atoms with Gasteiger partial charge in [-0.1, -0.05) is 39.0 Å². The Morgan fingerprint density at radius 2 is 1.66 bits per heavy atom. The second-order valence-corrected chi connectivity index (χ2v) is 8.49. The lowest BCUT2D eigenvalue weighted by molar-refractivity contribution is -0.686. The molecule has 32 heavy (non-hydrogen) atoms. The number of hydrogen-bond donors (Lipinski definition) is 3. The van der Waals surface area contributed by atoms with E-state index < -0.39 is 0 Å². The maximum atomic E-state index is 10.8. The average molecular weight is 458 g/mol. The van der Waals surface area contributed by atoms with Crippen LogP contribution in [-0.4, -0.2) is 22.4 Å². The normalized spacial score (nSPS) is 12.2. The molecular formula is C26H32ClNO4. The second-order valence-electron chi connectivity index (χ2n) is 8.49. The van der Waals surface area contributed by atoms with Gasteiger partial charge in [0.05, 0.1) is 18.1 Å². The summed E-state index contributed by atoms with van der Waals surface area (Å²) in [5.41, 5.74) is 4.25. The molecule has 0 spiro atoms. The van der Waals surface area contributed by atoms with Crippen molar-refractivity contribution in [2.24, 2.45) is 0 Å². The molecule has 0 bridgehead atoms. The zero-order valence-corrected chi connectivity index (χ0v) is 19.6. The predicted molar refractivity (Wildman–Crippen MR) is 122 cm³/mol. The fraction of sp³-hybridized carbons (Fsp3) is 0.423. The van der Waals surface area contributed by atoms with E-state index in [9.17, 15) is 15.3 Å². The van der Waals surface area contributed by atoms with E-state index in [0.29, 0.717) is 5.75 Å². The molecule has 5 nitrogen and oxygen atoms in total. The molecule has 1 aliphatic rings. The first kappa shape index (κ1) is 24.0. The summed E-state index contributed by atoms with van der Waals surface area (Å²) >= 11 is 0. The van der Waals surface area contributed by atoms with Crippen molar-refractivity contribution in [1.29, 1.82) is 0 Å². The summed E-state index contributed by atoms with van der Waals surface area (Å²) < 4.78 is 7.51. The predicted octanol–water partition coefficient (Wildman–Crippen LogP) is 2.38. The molecule has 1 aliphatic heterocycles. The highest BCUT2D eigenvalue weighted by molar-refractivity contribution is 5.94. The summed E-state index contributed by atoms with van der Waals surface area (Å²) in [6.07, 6.45) is 10.9. The van der Waals surface area contributed by atoms with Crippen LogP contribution in [0, 0.1) is 0 Å². The number of hydrogen-bond acceptors (Lipinski definition) is 4. The molecule has 3 N–H and O–H groups in total. The lowest BCUT2D eigenvalue weighted by atomic mass is 9.89. The fourth-order valence-corrected chi connectivity index (χ4v) is 4.78. The van der Waals surface area contributed by atoms with E-state index in [4.69, 9.17) is 4.74 Å². The van der Waals surface area contributed by atoms with Gasteiger partial charge in [0.25, 0.3) is 0 Å². The molecule has 0 aliphatic carbocycles. The summed E-state index contributed by atoms with van der Waals surface area (Å²) in [5, 5.41) is 32.8. The first-order chi connectivity index (χ1) is 15.0. The van der Waals surface area contributed by atoms with Crippen molar-refractivity contribution in [2.75, 3.05) is 7.11 Å². The first-order valence-electron chi connectivity index (χ1n) is 11.3. The molecule has 0 atom stereocenters. The third kappa shape index (κ3) is 4.44. The van der Waals surface area contributed by atoms with Crippen molar-refractivity contribution in [3.63, 3.8) is 0 Å². The molecule has 3 aromatic rings. The van der Waals surface area contributed by atoms with Crippen molar-refractivity contribution < 1.29 is 37.0 Å². The third-order valence-electron chi connectivity index (χ3n) is 6.44. The molecule has 2 heterocycles. The Hall–Kier alpha value is -2.66. The van der Waals surface area contributed by atoms with Crippen molar-refractivity contribution in [1.82, 2.24) is 0 Å². The van der Waals surface area contributed by atoms with Gasteiger partial charge < -0.3 is 32.5 Å². The van der Waals surface area contributed by atoms with E-state index in [1.54, 1.807) is 19.2 Å². The number of nitrogens with zero attached hydrogens (tertiary/aromatic N) is 1. The van der Waals surface area contributed by atoms with E-state index >= 15 is 0 Å². The Bertz CT molecular complexity index is 1110. The van der Waals surface area contributed by atoms with E-state index in [1.807, 2.05) is 18.3 Å². The Labute approximate surface area is 195 Å². The highest BCUT2D eigenvalue weighted by Gasteiger charge is 2.30. The molecule has 1 aromatic heterocycles. The van der Waals surface area contributed by atoms with E-state index in [-0.39, 0.29) is 29.7 Å². The van der Waals surface area contributed by atoms with Crippen molar-refractivity contribution in [3.05, 3.63) is 41.6 Å². The van der Waals surface area contributed by atoms with Crippen molar-refractivity contribution in [2.45, 2.75) is 64.8 Å². The smallest absolute Gasteiger partial charge is 0.216 e. The van der Waals surface area contributed by atoms with Crippen LogP contribution in [0.3, 0.4) is 0 Å². The molecule has 4 rings (SSSR count). The van der Waals surface area contributed by atoms with Crippen LogP contribution in [0.4, 0.5) is 0 Å². The molecule has 0 radical (unpaired) electrons. The minimum absolute atomic E-state index is 0. The van der Waals surface area contributed by atoms with Crippen LogP contribution >= 0.6 is 0 Å². The Balaban J connectivity index is 0.00000289. The molecule has 0 amide bonds. The van der Waals surface area contributed by atoms with Crippen LogP contribution in [0.5, 0.6) is 23.0 Å². The monoisotopic (exact) mass is 457 g/mol. The maximum Gasteiger partial charge on any atom is 0.216 e. The van der Waals surface area contributed by atoms with Gasteiger partial charge in [-0.15, -0.1) is 0 Å². The van der Waals surface area contributed by atoms with Gasteiger partial charge in [0.1, 0.15) is 0 Å². The summed E-state index contributed by atoms with van der Waals surface area (Å²) in [5.74, 6) is 0.458. The van der Waals surface area contributed by atoms with Gasteiger partial charge in [0.15, 0.2) is 35.7 Å². The van der Waals surface area contributed by atoms with Crippen LogP contribution in [0.2, 0.25) is 0 Å². The average Bonchev–Trinajstić information content (AvgIpc) is 2.77. The lowest BCUT2D eigenvalue weighted by Gasteiger charge is -2.20. The van der Waals surface area contributed by atoms with Gasteiger partial charge in [-0.25, -0.2) is 0 Å². The van der Waals surface area contributed by atoms with Crippen LogP contribution < -0.4 is 21.7 Å². The van der Waals surface area contributed by atoms with E-state index in [1.165, 1.54) is 37.7 Å². The number of phenolic OH excluding ortho intramolecular Hbond substituents is 3. The number of pyridine rings is 1. The number of unbranched alkanes of at least 4 members (excludes halogenated alkanes) is 5. The molecule has 0 unspecified atom stereocenters. The van der Waals surface area contributed by atoms with E-state index in [0.717, 1.165) is 53.4 Å². The molecule has 0 saturated carbocycles. The SMILES string of the molecule is CCCCCCCCc1c2[n+](cc3c(O)c(OC)ccc13)CCc1cc(O)c(O)cc1-2.[Cl-]. The minimum Gasteiger partial charge on any atom is -1.00 e. The van der Waals surface area contributed by atoms with Gasteiger partial charge in [0, 0.05) is 17.4 Å². The number of rotatable bonds is 8. The van der Waals surface area contributed by atoms with Gasteiger partial charge in [0.2, 0.25) is 5.69 Å². The zero-order valence-electron chi connectivity index (χ0n) is 18.8. The Morgan fingerprint density at radius 1 is 0.938 bits per heavy atom. The zero-order chi connectivity index (χ0) is 22.0. The standard InChI is InChI=1S/C26H31NO4.ClH/c1-3-4-5-6-7-8-9-19-18-10-11-24(31-2)26(30)21(18)16-27-13-12-17-14-22(28)23(29)15-20(17)25(19)27;/h10-11,14-16H,3-9,12-13H2,1-2H3,(H2,28,29,30);1H. The van der Waals surface area contributed by atoms with Crippen LogP contribution in [0.1, 0.15) is 56.6 Å². The number of benzene rings is 2. The molecule has 2 aromatic carbocycles. The quantitative estimate of drug-likeness (QED) is 0.276. The third-order valence-corrected chi connectivity index (χ3v) is 6.44. The van der Waals surface area contributed by atoms with Gasteiger partial charge in [-0.2, -0.15) is 4.57 Å². The van der Waals surface area contributed by atoms with Crippen LogP contribution in [0.15, 0.2) is 30.5 Å². The van der Waals surface area contributed by atoms with Crippen molar-refractivity contribution in [3.8, 4) is 34.3 Å². The minimum atomic E-state index is -0.101. The van der Waals surface area contributed by atoms with Crippen LogP contribution in [-0.2, 0) is 19.4 Å². The number of aryl methyl sites for hydroxylation is 3. The number of aromatic hydroxyl groups is 3. The summed E-state index contributed by atoms with van der Waals surface area (Å²) in [7, 11) is 1.56. The van der Waals surface area contributed by atoms with Gasteiger partial charge in [-0.3, -0.25) is 0 Å². The number of aromatic nitrogens is 1.